The average Bonchev–Trinajstić information content (AvgIpc) is 2.39. The Morgan fingerprint density at radius 2 is 1.90 bits per heavy atom. The molecule has 2 aromatic rings. The third kappa shape index (κ3) is 3.57. The molecule has 0 saturated heterocycles. The first-order valence-electron chi connectivity index (χ1n) is 6.07. The van der Waals surface area contributed by atoms with Crippen LogP contribution in [0.4, 0.5) is 8.78 Å². The Balaban J connectivity index is 2.28. The maximum absolute atomic E-state index is 13.9. The Bertz CT molecular complexity index is 619. The van der Waals surface area contributed by atoms with Gasteiger partial charge >= 0.3 is 0 Å². The molecule has 1 unspecified atom stereocenters. The molecular weight excluding hydrogens is 348 g/mol. The van der Waals surface area contributed by atoms with Crippen LogP contribution in [0.5, 0.6) is 0 Å². The molecule has 2 rings (SSSR count). The van der Waals surface area contributed by atoms with Crippen molar-refractivity contribution in [2.75, 3.05) is 7.05 Å². The number of hydrogen-bond donors (Lipinski definition) is 1. The molecule has 1 atom stereocenters. The molecule has 20 heavy (non-hydrogen) atoms. The van der Waals surface area contributed by atoms with Crippen molar-refractivity contribution in [2.45, 2.75) is 12.5 Å². The van der Waals surface area contributed by atoms with E-state index in [1.807, 2.05) is 0 Å². The minimum Gasteiger partial charge on any atom is -0.313 e. The van der Waals surface area contributed by atoms with Gasteiger partial charge in [-0.15, -0.1) is 0 Å². The largest absolute Gasteiger partial charge is 0.313 e. The highest BCUT2D eigenvalue weighted by Crippen LogP contribution is 2.25. The second-order valence-corrected chi connectivity index (χ2v) is 5.80. The quantitative estimate of drug-likeness (QED) is 0.819. The summed E-state index contributed by atoms with van der Waals surface area (Å²) in [5.74, 6) is -0.705. The van der Waals surface area contributed by atoms with Crippen LogP contribution >= 0.6 is 27.5 Å². The Morgan fingerprint density at radius 1 is 1.15 bits per heavy atom. The summed E-state index contributed by atoms with van der Waals surface area (Å²) in [4.78, 5) is 0. The van der Waals surface area contributed by atoms with Gasteiger partial charge in [-0.25, -0.2) is 8.78 Å². The Morgan fingerprint density at radius 3 is 2.50 bits per heavy atom. The molecule has 0 aliphatic rings. The van der Waals surface area contributed by atoms with Crippen LogP contribution in [0.15, 0.2) is 40.9 Å². The van der Waals surface area contributed by atoms with E-state index in [9.17, 15) is 8.78 Å². The minimum atomic E-state index is -0.394. The zero-order chi connectivity index (χ0) is 14.7. The first kappa shape index (κ1) is 15.4. The Labute approximate surface area is 130 Å². The van der Waals surface area contributed by atoms with Gasteiger partial charge < -0.3 is 5.32 Å². The van der Waals surface area contributed by atoms with Gasteiger partial charge in [0.2, 0.25) is 0 Å². The molecule has 0 fully saturated rings. The number of halogens is 4. The number of benzene rings is 2. The lowest BCUT2D eigenvalue weighted by molar-refractivity contribution is 0.519. The zero-order valence-electron chi connectivity index (χ0n) is 10.8. The van der Waals surface area contributed by atoms with Crippen molar-refractivity contribution in [3.63, 3.8) is 0 Å². The van der Waals surface area contributed by atoms with Gasteiger partial charge in [0.1, 0.15) is 11.6 Å². The van der Waals surface area contributed by atoms with E-state index in [1.165, 1.54) is 12.1 Å². The van der Waals surface area contributed by atoms with E-state index in [0.717, 1.165) is 0 Å². The third-order valence-electron chi connectivity index (χ3n) is 3.13. The topological polar surface area (TPSA) is 12.0 Å². The maximum Gasteiger partial charge on any atom is 0.129 e. The molecule has 0 amide bonds. The van der Waals surface area contributed by atoms with E-state index < -0.39 is 5.82 Å². The molecule has 0 aliphatic carbocycles. The Hall–Kier alpha value is -0.970. The van der Waals surface area contributed by atoms with Crippen LogP contribution in [0.25, 0.3) is 0 Å². The number of nitrogens with one attached hydrogen (secondary N) is 1. The van der Waals surface area contributed by atoms with Crippen molar-refractivity contribution in [3.05, 3.63) is 68.7 Å². The van der Waals surface area contributed by atoms with Gasteiger partial charge in [0.05, 0.1) is 0 Å². The predicted molar refractivity (Wildman–Crippen MR) is 81.0 cm³/mol. The summed E-state index contributed by atoms with van der Waals surface area (Å²) in [7, 11) is 1.72. The molecule has 2 aromatic carbocycles. The van der Waals surface area contributed by atoms with Crippen LogP contribution in [0.2, 0.25) is 5.02 Å². The summed E-state index contributed by atoms with van der Waals surface area (Å²) in [5, 5.41) is 3.35. The second-order valence-electron chi connectivity index (χ2n) is 4.45. The summed E-state index contributed by atoms with van der Waals surface area (Å²) < 4.78 is 28.5. The van der Waals surface area contributed by atoms with Crippen molar-refractivity contribution >= 4 is 27.5 Å². The van der Waals surface area contributed by atoms with E-state index in [0.29, 0.717) is 27.0 Å². The van der Waals surface area contributed by atoms with Crippen molar-refractivity contribution in [1.82, 2.24) is 5.32 Å². The number of rotatable bonds is 4. The summed E-state index contributed by atoms with van der Waals surface area (Å²) in [6, 6.07) is 9.06. The molecular formula is C15H13BrClF2N. The molecule has 106 valence electrons. The van der Waals surface area contributed by atoms with Gasteiger partial charge in [-0.1, -0.05) is 39.7 Å². The zero-order valence-corrected chi connectivity index (χ0v) is 13.1. The molecule has 5 heteroatoms. The monoisotopic (exact) mass is 359 g/mol. The van der Waals surface area contributed by atoms with Crippen LogP contribution in [0.1, 0.15) is 17.2 Å². The number of likely N-dealkylation sites (N-methyl/N-ethyl adjacent to an activating group) is 1. The SMILES string of the molecule is CNC(Cc1ccc(Br)cc1F)c1ccc(Cl)cc1F. The van der Waals surface area contributed by atoms with Gasteiger partial charge in [0.25, 0.3) is 0 Å². The molecule has 0 aliphatic heterocycles. The van der Waals surface area contributed by atoms with Crippen LogP contribution in [-0.2, 0) is 6.42 Å². The van der Waals surface area contributed by atoms with E-state index >= 15 is 0 Å². The Kier molecular flexibility index (Phi) is 5.13. The minimum absolute atomic E-state index is 0.311. The van der Waals surface area contributed by atoms with Crippen molar-refractivity contribution in [1.29, 1.82) is 0 Å². The molecule has 0 spiro atoms. The lowest BCUT2D eigenvalue weighted by Gasteiger charge is -2.18. The average molecular weight is 361 g/mol. The highest BCUT2D eigenvalue weighted by molar-refractivity contribution is 9.10. The standard InChI is InChI=1S/C15H13BrClF2N/c1-20-15(12-5-4-11(17)8-14(12)19)6-9-2-3-10(16)7-13(9)18/h2-5,7-8,15,20H,6H2,1H3. The summed E-state index contributed by atoms with van der Waals surface area (Å²) >= 11 is 8.96. The first-order chi connectivity index (χ1) is 9.51. The van der Waals surface area contributed by atoms with Gasteiger partial charge in [-0.3, -0.25) is 0 Å². The third-order valence-corrected chi connectivity index (χ3v) is 3.85. The molecule has 1 nitrogen and oxygen atoms in total. The molecule has 0 aromatic heterocycles. The van der Waals surface area contributed by atoms with Gasteiger partial charge in [-0.05, 0) is 43.3 Å². The van der Waals surface area contributed by atoms with E-state index in [-0.39, 0.29) is 11.9 Å². The fourth-order valence-corrected chi connectivity index (χ4v) is 2.55. The fourth-order valence-electron chi connectivity index (χ4n) is 2.06. The highest BCUT2D eigenvalue weighted by Gasteiger charge is 2.16. The van der Waals surface area contributed by atoms with E-state index in [1.54, 1.807) is 31.3 Å². The van der Waals surface area contributed by atoms with Crippen molar-refractivity contribution in [2.24, 2.45) is 0 Å². The van der Waals surface area contributed by atoms with Crippen LogP contribution in [0, 0.1) is 11.6 Å². The summed E-state index contributed by atoms with van der Waals surface area (Å²) in [6.07, 6.45) is 0.355. The van der Waals surface area contributed by atoms with Crippen LogP contribution in [-0.4, -0.2) is 7.05 Å². The molecule has 0 saturated carbocycles. The molecule has 0 heterocycles. The molecule has 1 N–H and O–H groups in total. The normalized spacial score (nSPS) is 12.4. The van der Waals surface area contributed by atoms with E-state index in [4.69, 9.17) is 11.6 Å². The summed E-state index contributed by atoms with van der Waals surface area (Å²) in [5.41, 5.74) is 1.00. The summed E-state index contributed by atoms with van der Waals surface area (Å²) in [6.45, 7) is 0. The first-order valence-corrected chi connectivity index (χ1v) is 7.24. The lowest BCUT2D eigenvalue weighted by atomic mass is 9.98. The van der Waals surface area contributed by atoms with Crippen molar-refractivity contribution < 1.29 is 8.78 Å². The lowest BCUT2D eigenvalue weighted by Crippen LogP contribution is -2.20. The predicted octanol–water partition coefficient (Wildman–Crippen LogP) is 4.88. The van der Waals surface area contributed by atoms with Crippen molar-refractivity contribution in [3.8, 4) is 0 Å². The smallest absolute Gasteiger partial charge is 0.129 e. The van der Waals surface area contributed by atoms with Gasteiger partial charge in [-0.2, -0.15) is 0 Å². The van der Waals surface area contributed by atoms with E-state index in [2.05, 4.69) is 21.2 Å². The maximum atomic E-state index is 13.9. The highest BCUT2D eigenvalue weighted by atomic mass is 79.9. The molecule has 0 radical (unpaired) electrons. The van der Waals surface area contributed by atoms with Crippen LogP contribution in [0.3, 0.4) is 0 Å². The number of hydrogen-bond acceptors (Lipinski definition) is 1. The van der Waals surface area contributed by atoms with Gasteiger partial charge in [0.15, 0.2) is 0 Å². The van der Waals surface area contributed by atoms with Gasteiger partial charge in [0, 0.05) is 21.1 Å². The molecule has 0 bridgehead atoms. The second kappa shape index (κ2) is 6.66. The van der Waals surface area contributed by atoms with Crippen LogP contribution < -0.4 is 5.32 Å². The fraction of sp³-hybridized carbons (Fsp3) is 0.200.